The Balaban J connectivity index is 2.49. The largest absolute Gasteiger partial charge is 0.399 e. The lowest BCUT2D eigenvalue weighted by Gasteiger charge is -2.17. The highest BCUT2D eigenvalue weighted by Crippen LogP contribution is 2.18. The normalized spacial score (nSPS) is 11.6. The molecule has 1 amide bonds. The standard InChI is InChI=1S/C13H20ClN3O3S/c1-3-17(21(2,19)20)8-4-7-16-13(18)11-9-10(15)5-6-12(11)14/h5-6,9H,3-4,7-8,15H2,1-2H3,(H,16,18). The molecular formula is C13H20ClN3O3S. The van der Waals surface area contributed by atoms with Crippen molar-refractivity contribution in [3.63, 3.8) is 0 Å². The van der Waals surface area contributed by atoms with E-state index in [0.717, 1.165) is 0 Å². The zero-order chi connectivity index (χ0) is 16.0. The number of nitrogens with zero attached hydrogens (tertiary/aromatic N) is 1. The molecule has 0 saturated carbocycles. The molecule has 6 nitrogen and oxygen atoms in total. The SMILES string of the molecule is CCN(CCCNC(=O)c1cc(N)ccc1Cl)S(C)(=O)=O. The third kappa shape index (κ3) is 5.53. The molecule has 0 heterocycles. The van der Waals surface area contributed by atoms with E-state index in [1.807, 2.05) is 0 Å². The minimum Gasteiger partial charge on any atom is -0.399 e. The average Bonchev–Trinajstić information content (AvgIpc) is 2.39. The summed E-state index contributed by atoms with van der Waals surface area (Å²) in [6.45, 7) is 2.90. The van der Waals surface area contributed by atoms with Crippen LogP contribution in [0.25, 0.3) is 0 Å². The van der Waals surface area contributed by atoms with Crippen LogP contribution in [0, 0.1) is 0 Å². The highest BCUT2D eigenvalue weighted by Gasteiger charge is 2.14. The fourth-order valence-corrected chi connectivity index (χ4v) is 2.96. The minimum absolute atomic E-state index is 0.312. The van der Waals surface area contributed by atoms with Crippen LogP contribution < -0.4 is 11.1 Å². The first-order valence-electron chi connectivity index (χ1n) is 6.54. The van der Waals surface area contributed by atoms with E-state index in [-0.39, 0.29) is 5.91 Å². The second-order valence-electron chi connectivity index (χ2n) is 4.60. The van der Waals surface area contributed by atoms with Crippen molar-refractivity contribution in [3.05, 3.63) is 28.8 Å². The van der Waals surface area contributed by atoms with E-state index >= 15 is 0 Å². The van der Waals surface area contributed by atoms with Crippen molar-refractivity contribution in [1.82, 2.24) is 9.62 Å². The number of halogens is 1. The molecule has 0 unspecified atom stereocenters. The van der Waals surface area contributed by atoms with Gasteiger partial charge in [-0.2, -0.15) is 0 Å². The zero-order valence-electron chi connectivity index (χ0n) is 12.1. The summed E-state index contributed by atoms with van der Waals surface area (Å²) in [7, 11) is -3.20. The number of carbonyl (C=O) groups excluding carboxylic acids is 1. The first kappa shape index (κ1) is 17.7. The van der Waals surface area contributed by atoms with Gasteiger partial charge in [0.15, 0.2) is 0 Å². The third-order valence-electron chi connectivity index (χ3n) is 2.93. The molecule has 0 saturated heterocycles. The Morgan fingerprint density at radius 3 is 2.67 bits per heavy atom. The molecule has 0 spiro atoms. The molecule has 0 aromatic heterocycles. The first-order valence-corrected chi connectivity index (χ1v) is 8.76. The van der Waals surface area contributed by atoms with Crippen LogP contribution in [0.5, 0.6) is 0 Å². The van der Waals surface area contributed by atoms with Crippen molar-refractivity contribution in [3.8, 4) is 0 Å². The summed E-state index contributed by atoms with van der Waals surface area (Å²) < 4.78 is 24.2. The van der Waals surface area contributed by atoms with Crippen LogP contribution in [0.3, 0.4) is 0 Å². The number of benzene rings is 1. The minimum atomic E-state index is -3.20. The van der Waals surface area contributed by atoms with Crippen LogP contribution in [-0.2, 0) is 10.0 Å². The number of hydrogen-bond acceptors (Lipinski definition) is 4. The van der Waals surface area contributed by atoms with Crippen LogP contribution in [-0.4, -0.2) is 44.5 Å². The van der Waals surface area contributed by atoms with Gasteiger partial charge in [-0.15, -0.1) is 0 Å². The van der Waals surface area contributed by atoms with Gasteiger partial charge < -0.3 is 11.1 Å². The van der Waals surface area contributed by atoms with Crippen LogP contribution >= 0.6 is 11.6 Å². The lowest BCUT2D eigenvalue weighted by Crippen LogP contribution is -2.33. The molecule has 1 rings (SSSR count). The number of sulfonamides is 1. The fraction of sp³-hybridized carbons (Fsp3) is 0.462. The van der Waals surface area contributed by atoms with E-state index in [1.165, 1.54) is 16.6 Å². The summed E-state index contributed by atoms with van der Waals surface area (Å²) in [6.07, 6.45) is 1.69. The molecule has 1 aromatic carbocycles. The molecule has 0 radical (unpaired) electrons. The van der Waals surface area contributed by atoms with E-state index < -0.39 is 10.0 Å². The Kier molecular flexibility index (Phi) is 6.44. The predicted molar refractivity (Wildman–Crippen MR) is 84.9 cm³/mol. The summed E-state index contributed by atoms with van der Waals surface area (Å²) in [4.78, 5) is 11.9. The Labute approximate surface area is 130 Å². The highest BCUT2D eigenvalue weighted by atomic mass is 35.5. The molecule has 3 N–H and O–H groups in total. The van der Waals surface area contributed by atoms with Gasteiger partial charge in [-0.05, 0) is 24.6 Å². The Bertz CT molecular complexity index is 605. The molecular weight excluding hydrogens is 314 g/mol. The van der Waals surface area contributed by atoms with Gasteiger partial charge in [-0.3, -0.25) is 4.79 Å². The summed E-state index contributed by atoms with van der Waals surface area (Å²) >= 11 is 5.93. The quantitative estimate of drug-likeness (QED) is 0.581. The molecule has 1 aromatic rings. The molecule has 0 atom stereocenters. The topological polar surface area (TPSA) is 92.5 Å². The summed E-state index contributed by atoms with van der Waals surface area (Å²) in [6, 6.07) is 4.69. The maximum absolute atomic E-state index is 11.9. The second-order valence-corrected chi connectivity index (χ2v) is 6.99. The van der Waals surface area contributed by atoms with Gasteiger partial charge in [0.2, 0.25) is 10.0 Å². The van der Waals surface area contributed by atoms with E-state index in [1.54, 1.807) is 19.1 Å². The smallest absolute Gasteiger partial charge is 0.252 e. The van der Waals surface area contributed by atoms with Crippen molar-refractivity contribution in [2.75, 3.05) is 31.6 Å². The van der Waals surface area contributed by atoms with Gasteiger partial charge in [-0.25, -0.2) is 12.7 Å². The molecule has 8 heteroatoms. The number of nitrogens with one attached hydrogen (secondary N) is 1. The Hall–Kier alpha value is -1.31. The van der Waals surface area contributed by atoms with Gasteiger partial charge in [0.25, 0.3) is 5.91 Å². The summed E-state index contributed by atoms with van der Waals surface area (Å²) in [5, 5.41) is 3.02. The van der Waals surface area contributed by atoms with Gasteiger partial charge in [0.1, 0.15) is 0 Å². The van der Waals surface area contributed by atoms with E-state index in [9.17, 15) is 13.2 Å². The molecule has 118 valence electrons. The summed E-state index contributed by atoms with van der Waals surface area (Å²) in [5.74, 6) is -0.324. The third-order valence-corrected chi connectivity index (χ3v) is 4.64. The van der Waals surface area contributed by atoms with Crippen molar-refractivity contribution in [2.24, 2.45) is 0 Å². The monoisotopic (exact) mass is 333 g/mol. The van der Waals surface area contributed by atoms with Crippen molar-refractivity contribution >= 4 is 33.2 Å². The molecule has 0 fully saturated rings. The number of amides is 1. The van der Waals surface area contributed by atoms with Crippen LogP contribution in [0.1, 0.15) is 23.7 Å². The number of rotatable bonds is 7. The number of carbonyl (C=O) groups is 1. The van der Waals surface area contributed by atoms with Crippen molar-refractivity contribution in [1.29, 1.82) is 0 Å². The van der Waals surface area contributed by atoms with E-state index in [0.29, 0.717) is 42.3 Å². The Morgan fingerprint density at radius 2 is 2.10 bits per heavy atom. The lowest BCUT2D eigenvalue weighted by atomic mass is 10.2. The van der Waals surface area contributed by atoms with Gasteiger partial charge >= 0.3 is 0 Å². The van der Waals surface area contributed by atoms with Gasteiger partial charge in [0.05, 0.1) is 16.8 Å². The molecule has 0 aliphatic carbocycles. The van der Waals surface area contributed by atoms with E-state index in [4.69, 9.17) is 17.3 Å². The van der Waals surface area contributed by atoms with Gasteiger partial charge in [0, 0.05) is 25.3 Å². The maximum atomic E-state index is 11.9. The predicted octanol–water partition coefficient (Wildman–Crippen LogP) is 1.32. The number of nitrogen functional groups attached to an aromatic ring is 1. The molecule has 0 aliphatic heterocycles. The maximum Gasteiger partial charge on any atom is 0.252 e. The molecule has 0 bridgehead atoms. The fourth-order valence-electron chi connectivity index (χ4n) is 1.83. The average molecular weight is 334 g/mol. The van der Waals surface area contributed by atoms with Crippen LogP contribution in [0.2, 0.25) is 5.02 Å². The number of nitrogens with two attached hydrogens (primary N) is 1. The molecule has 0 aliphatic rings. The highest BCUT2D eigenvalue weighted by molar-refractivity contribution is 7.88. The van der Waals surface area contributed by atoms with Crippen LogP contribution in [0.15, 0.2) is 18.2 Å². The zero-order valence-corrected chi connectivity index (χ0v) is 13.7. The Morgan fingerprint density at radius 1 is 1.43 bits per heavy atom. The van der Waals surface area contributed by atoms with Crippen LogP contribution in [0.4, 0.5) is 5.69 Å². The second kappa shape index (κ2) is 7.63. The lowest BCUT2D eigenvalue weighted by molar-refractivity contribution is 0.0953. The molecule has 21 heavy (non-hydrogen) atoms. The number of hydrogen-bond donors (Lipinski definition) is 2. The van der Waals surface area contributed by atoms with Crippen molar-refractivity contribution < 1.29 is 13.2 Å². The van der Waals surface area contributed by atoms with Gasteiger partial charge in [-0.1, -0.05) is 18.5 Å². The van der Waals surface area contributed by atoms with E-state index in [2.05, 4.69) is 5.32 Å². The summed E-state index contributed by atoms with van der Waals surface area (Å²) in [5.41, 5.74) is 6.38. The number of anilines is 1. The first-order chi connectivity index (χ1) is 9.75. The van der Waals surface area contributed by atoms with Crippen molar-refractivity contribution in [2.45, 2.75) is 13.3 Å².